The van der Waals surface area contributed by atoms with E-state index in [9.17, 15) is 0 Å². The topological polar surface area (TPSA) is 56.7 Å². The van der Waals surface area contributed by atoms with Gasteiger partial charge in [-0.05, 0) is 63.9 Å². The molecule has 0 fully saturated rings. The Morgan fingerprint density at radius 1 is 0.370 bits per heavy atom. The molecule has 8 aromatic carbocycles. The lowest BCUT2D eigenvalue weighted by atomic mass is 9.98. The highest BCUT2D eigenvalue weighted by Crippen LogP contribution is 2.40. The highest BCUT2D eigenvalue weighted by Gasteiger charge is 2.21. The Morgan fingerprint density at radius 2 is 1.02 bits per heavy atom. The van der Waals surface area contributed by atoms with Gasteiger partial charge in [-0.2, -0.15) is 9.97 Å². The van der Waals surface area contributed by atoms with Gasteiger partial charge in [-0.15, -0.1) is 0 Å². The molecule has 0 amide bonds. The van der Waals surface area contributed by atoms with E-state index < -0.39 is 0 Å². The van der Waals surface area contributed by atoms with E-state index in [1.807, 2.05) is 60.7 Å². The summed E-state index contributed by atoms with van der Waals surface area (Å²) in [6.07, 6.45) is 0. The van der Waals surface area contributed by atoms with Crippen molar-refractivity contribution in [3.05, 3.63) is 182 Å². The smallest absolute Gasteiger partial charge is 0.238 e. The molecular formula is C49H30N4O. The molecule has 0 saturated carbocycles. The maximum absolute atomic E-state index is 6.50. The zero-order valence-corrected chi connectivity index (χ0v) is 29.0. The average molecular weight is 691 g/mol. The van der Waals surface area contributed by atoms with E-state index in [-0.39, 0.29) is 0 Å². The van der Waals surface area contributed by atoms with Crippen LogP contribution in [0.15, 0.2) is 186 Å². The van der Waals surface area contributed by atoms with Crippen LogP contribution in [-0.4, -0.2) is 19.5 Å². The first kappa shape index (κ1) is 30.3. The van der Waals surface area contributed by atoms with Gasteiger partial charge in [-0.25, -0.2) is 4.98 Å². The standard InChI is InChI=1S/C49H30N4O/c1-3-13-32(14-4-1)47-50-48(33-15-5-2-6-16-33)52-49(51-47)53-43-21-10-9-18-39(43)41-20-11-19-38(46(41)53)37-25-27-44-42(29-37)40-26-24-36(30-45(40)54-44)35-23-22-31-12-7-8-17-34(31)28-35/h1-30H. The van der Waals surface area contributed by atoms with E-state index in [0.29, 0.717) is 17.6 Å². The van der Waals surface area contributed by atoms with E-state index in [0.717, 1.165) is 71.6 Å². The van der Waals surface area contributed by atoms with Gasteiger partial charge in [0.25, 0.3) is 0 Å². The number of nitrogens with zero attached hydrogens (tertiary/aromatic N) is 4. The first-order chi connectivity index (χ1) is 26.7. The van der Waals surface area contributed by atoms with Crippen LogP contribution in [0.1, 0.15) is 0 Å². The van der Waals surface area contributed by atoms with E-state index in [1.54, 1.807) is 0 Å². The lowest BCUT2D eigenvalue weighted by Crippen LogP contribution is -2.06. The van der Waals surface area contributed by atoms with Crippen LogP contribution >= 0.6 is 0 Å². The van der Waals surface area contributed by atoms with Crippen molar-refractivity contribution in [1.82, 2.24) is 19.5 Å². The number of hydrogen-bond donors (Lipinski definition) is 0. The third kappa shape index (κ3) is 4.90. The molecule has 5 heteroatoms. The molecule has 0 unspecified atom stereocenters. The van der Waals surface area contributed by atoms with Crippen LogP contribution in [0.4, 0.5) is 0 Å². The maximum Gasteiger partial charge on any atom is 0.238 e. The van der Waals surface area contributed by atoms with Crippen LogP contribution in [-0.2, 0) is 0 Å². The van der Waals surface area contributed by atoms with Crippen molar-refractivity contribution in [2.75, 3.05) is 0 Å². The summed E-state index contributed by atoms with van der Waals surface area (Å²) in [6.45, 7) is 0. The zero-order valence-electron chi connectivity index (χ0n) is 29.0. The highest BCUT2D eigenvalue weighted by molar-refractivity contribution is 6.15. The summed E-state index contributed by atoms with van der Waals surface area (Å²) in [6, 6.07) is 63.4. The van der Waals surface area contributed by atoms with Gasteiger partial charge < -0.3 is 4.42 Å². The molecule has 11 aromatic rings. The number of fused-ring (bicyclic) bond motifs is 7. The predicted octanol–water partition coefficient (Wildman–Crippen LogP) is 12.7. The minimum atomic E-state index is 0.567. The molecule has 3 heterocycles. The van der Waals surface area contributed by atoms with Gasteiger partial charge in [0.15, 0.2) is 11.6 Å². The summed E-state index contributed by atoms with van der Waals surface area (Å²) in [7, 11) is 0. The number of aromatic nitrogens is 4. The van der Waals surface area contributed by atoms with Gasteiger partial charge in [-0.3, -0.25) is 4.57 Å². The lowest BCUT2D eigenvalue weighted by Gasteiger charge is -2.13. The molecule has 5 nitrogen and oxygen atoms in total. The molecule has 0 bridgehead atoms. The summed E-state index contributed by atoms with van der Waals surface area (Å²) in [5, 5.41) is 6.88. The molecule has 3 aromatic heterocycles. The molecule has 0 saturated heterocycles. The van der Waals surface area contributed by atoms with E-state index in [2.05, 4.69) is 126 Å². The molecular weight excluding hydrogens is 661 g/mol. The second-order valence-electron chi connectivity index (χ2n) is 13.7. The van der Waals surface area contributed by atoms with Crippen molar-refractivity contribution in [3.8, 4) is 51.0 Å². The maximum atomic E-state index is 6.50. The first-order valence-corrected chi connectivity index (χ1v) is 18.1. The van der Waals surface area contributed by atoms with Crippen LogP contribution in [0.3, 0.4) is 0 Å². The van der Waals surface area contributed by atoms with Gasteiger partial charge in [-0.1, -0.05) is 146 Å². The van der Waals surface area contributed by atoms with Gasteiger partial charge in [0.05, 0.1) is 11.0 Å². The molecule has 0 atom stereocenters. The Bertz CT molecular complexity index is 3160. The highest BCUT2D eigenvalue weighted by atomic mass is 16.3. The largest absolute Gasteiger partial charge is 0.456 e. The van der Waals surface area contributed by atoms with Gasteiger partial charge >= 0.3 is 0 Å². The Hall–Kier alpha value is -7.37. The SMILES string of the molecule is c1ccc(-c2nc(-c3ccccc3)nc(-n3c4ccccc4c4cccc(-c5ccc6oc7cc(-c8ccc9ccccc9c8)ccc7c6c5)c43)n2)cc1. The molecule has 11 rings (SSSR count). The third-order valence-corrected chi connectivity index (χ3v) is 10.4. The first-order valence-electron chi connectivity index (χ1n) is 18.1. The fourth-order valence-electron chi connectivity index (χ4n) is 7.85. The van der Waals surface area contributed by atoms with Crippen molar-refractivity contribution in [3.63, 3.8) is 0 Å². The Kier molecular flexibility index (Phi) is 6.79. The minimum Gasteiger partial charge on any atom is -0.456 e. The van der Waals surface area contributed by atoms with E-state index >= 15 is 0 Å². The fourth-order valence-corrected chi connectivity index (χ4v) is 7.85. The summed E-state index contributed by atoms with van der Waals surface area (Å²) in [4.78, 5) is 15.3. The van der Waals surface area contributed by atoms with E-state index in [1.165, 1.54) is 16.3 Å². The van der Waals surface area contributed by atoms with Gasteiger partial charge in [0.1, 0.15) is 11.2 Å². The van der Waals surface area contributed by atoms with Crippen LogP contribution in [0.25, 0.3) is 105 Å². The van der Waals surface area contributed by atoms with Crippen LogP contribution < -0.4 is 0 Å². The minimum absolute atomic E-state index is 0.567. The number of furan rings is 1. The predicted molar refractivity (Wildman–Crippen MR) is 221 cm³/mol. The molecule has 0 spiro atoms. The van der Waals surface area contributed by atoms with Gasteiger partial charge in [0.2, 0.25) is 5.95 Å². The molecule has 0 aliphatic heterocycles. The quantitative estimate of drug-likeness (QED) is 0.180. The fraction of sp³-hybridized carbons (Fsp3) is 0. The van der Waals surface area contributed by atoms with Crippen molar-refractivity contribution in [2.24, 2.45) is 0 Å². The molecule has 0 aliphatic carbocycles. The number of hydrogen-bond acceptors (Lipinski definition) is 4. The Balaban J connectivity index is 1.11. The lowest BCUT2D eigenvalue weighted by molar-refractivity contribution is 0.669. The van der Waals surface area contributed by atoms with Crippen molar-refractivity contribution in [2.45, 2.75) is 0 Å². The molecule has 0 radical (unpaired) electrons. The Morgan fingerprint density at radius 3 is 1.81 bits per heavy atom. The molecule has 54 heavy (non-hydrogen) atoms. The van der Waals surface area contributed by atoms with Crippen LogP contribution in [0, 0.1) is 0 Å². The summed E-state index contributed by atoms with van der Waals surface area (Å²) in [5.74, 6) is 1.81. The monoisotopic (exact) mass is 690 g/mol. The number of rotatable bonds is 5. The van der Waals surface area contributed by atoms with Crippen molar-refractivity contribution >= 4 is 54.5 Å². The van der Waals surface area contributed by atoms with Crippen LogP contribution in [0.2, 0.25) is 0 Å². The second kappa shape index (κ2) is 12.1. The normalized spacial score (nSPS) is 11.7. The van der Waals surface area contributed by atoms with Crippen LogP contribution in [0.5, 0.6) is 0 Å². The zero-order chi connectivity index (χ0) is 35.6. The summed E-state index contributed by atoms with van der Waals surface area (Å²) < 4.78 is 8.70. The summed E-state index contributed by atoms with van der Waals surface area (Å²) >= 11 is 0. The Labute approximate surface area is 310 Å². The average Bonchev–Trinajstić information content (AvgIpc) is 3.79. The number of para-hydroxylation sites is 2. The van der Waals surface area contributed by atoms with Crippen molar-refractivity contribution in [1.29, 1.82) is 0 Å². The molecule has 0 aliphatic rings. The third-order valence-electron chi connectivity index (χ3n) is 10.4. The molecule has 252 valence electrons. The van der Waals surface area contributed by atoms with E-state index in [4.69, 9.17) is 19.4 Å². The van der Waals surface area contributed by atoms with Crippen molar-refractivity contribution < 1.29 is 4.42 Å². The molecule has 0 N–H and O–H groups in total. The number of benzene rings is 8. The second-order valence-corrected chi connectivity index (χ2v) is 13.7. The van der Waals surface area contributed by atoms with Gasteiger partial charge in [0, 0.05) is 38.2 Å². The summed E-state index contributed by atoms with van der Waals surface area (Å²) in [5.41, 5.74) is 10.1.